The van der Waals surface area contributed by atoms with Crippen LogP contribution in [0.1, 0.15) is 94.2 Å². The molecule has 4 aromatic carbocycles. The largest absolute Gasteiger partial charge is 1.00 e. The first kappa shape index (κ1) is 36.5. The summed E-state index contributed by atoms with van der Waals surface area (Å²) in [4.78, 5) is 0. The van der Waals surface area contributed by atoms with E-state index >= 15 is 0 Å². The van der Waals surface area contributed by atoms with Crippen molar-refractivity contribution in [3.05, 3.63) is 146 Å². The Morgan fingerprint density at radius 2 is 1.26 bits per heavy atom. The minimum absolute atomic E-state index is 0. The Morgan fingerprint density at radius 1 is 0.674 bits per heavy atom. The molecule has 238 valence electrons. The Hall–Kier alpha value is -2.31. The van der Waals surface area contributed by atoms with E-state index in [1.54, 1.807) is 17.7 Å². The van der Waals surface area contributed by atoms with Crippen molar-refractivity contribution in [2.45, 2.75) is 90.9 Å². The molecule has 6 rings (SSSR count). The van der Waals surface area contributed by atoms with E-state index < -0.39 is 21.3 Å². The molecule has 0 amide bonds. The summed E-state index contributed by atoms with van der Waals surface area (Å²) >= 11 is -2.52. The third kappa shape index (κ3) is 8.04. The van der Waals surface area contributed by atoms with Gasteiger partial charge in [-0.15, -0.1) is 0 Å². The molecule has 0 atom stereocenters. The quantitative estimate of drug-likeness (QED) is 0.223. The smallest absolute Gasteiger partial charge is 1.00 e. The van der Waals surface area contributed by atoms with Crippen LogP contribution >= 0.6 is 0 Å². The summed E-state index contributed by atoms with van der Waals surface area (Å²) in [5.41, 5.74) is 12.3. The molecule has 0 radical (unpaired) electrons. The average Bonchev–Trinajstić information content (AvgIpc) is 3.66. The van der Waals surface area contributed by atoms with Crippen molar-refractivity contribution in [1.29, 1.82) is 0 Å². The monoisotopic (exact) mass is 724 g/mol. The van der Waals surface area contributed by atoms with Crippen molar-refractivity contribution in [2.75, 3.05) is 0 Å². The summed E-state index contributed by atoms with van der Waals surface area (Å²) in [6.45, 7) is 14.3. The van der Waals surface area contributed by atoms with Crippen LogP contribution < -0.4 is 28.1 Å². The van der Waals surface area contributed by atoms with Crippen LogP contribution in [0.15, 0.2) is 113 Å². The molecule has 0 unspecified atom stereocenters. The molecule has 0 aliphatic heterocycles. The number of benzene rings is 4. The second-order valence-corrected chi connectivity index (χ2v) is 21.2. The molecule has 0 saturated heterocycles. The van der Waals surface area contributed by atoms with E-state index in [1.165, 1.54) is 46.2 Å². The average molecular weight is 727 g/mol. The van der Waals surface area contributed by atoms with Crippen LogP contribution in [0.3, 0.4) is 0 Å². The van der Waals surface area contributed by atoms with Crippen LogP contribution in [0.25, 0.3) is 11.1 Å². The van der Waals surface area contributed by atoms with E-state index in [0.29, 0.717) is 0 Å². The fraction of sp³-hybridized carbons (Fsp3) is 0.326. The maximum atomic E-state index is 2.52. The van der Waals surface area contributed by atoms with Crippen molar-refractivity contribution in [3.63, 3.8) is 0 Å². The molecular formula is C43H48Cl2Zr. The van der Waals surface area contributed by atoms with Crippen LogP contribution in [0.4, 0.5) is 0 Å². The van der Waals surface area contributed by atoms with Crippen molar-refractivity contribution in [3.8, 4) is 11.1 Å². The molecule has 0 fully saturated rings. The zero-order chi connectivity index (χ0) is 30.9. The van der Waals surface area contributed by atoms with Gasteiger partial charge in [0.05, 0.1) is 0 Å². The van der Waals surface area contributed by atoms with E-state index in [1.807, 2.05) is 3.21 Å². The van der Waals surface area contributed by atoms with Gasteiger partial charge in [0.2, 0.25) is 0 Å². The van der Waals surface area contributed by atoms with E-state index in [-0.39, 0.29) is 35.6 Å². The number of fused-ring (bicyclic) bond motifs is 3. The number of hydrogen-bond acceptors (Lipinski definition) is 0. The predicted molar refractivity (Wildman–Crippen MR) is 188 cm³/mol. The number of halogens is 2. The molecule has 0 bridgehead atoms. The van der Waals surface area contributed by atoms with Gasteiger partial charge in [-0.3, -0.25) is 0 Å². The Labute approximate surface area is 298 Å². The normalized spacial score (nSPS) is 13.1. The van der Waals surface area contributed by atoms with E-state index in [4.69, 9.17) is 0 Å². The summed E-state index contributed by atoms with van der Waals surface area (Å²) in [5, 5.41) is 0. The summed E-state index contributed by atoms with van der Waals surface area (Å²) in [6, 6.07) is 34.7. The molecule has 0 nitrogen and oxygen atoms in total. The third-order valence-electron chi connectivity index (χ3n) is 9.56. The summed E-state index contributed by atoms with van der Waals surface area (Å²) in [6.07, 6.45) is 14.1. The molecule has 0 N–H and O–H groups in total. The SMILES string of the molecule is CC(C)(C)c1ccc2c(c1)Cc1c-2ccc(C(C)(C)C)[c]1[Zr+2]([C]1=CC=CC1)=[C](CCc1ccccc1)CCc1ccccc1.[Cl-].[Cl-]. The molecule has 46 heavy (non-hydrogen) atoms. The number of allylic oxidation sites excluding steroid dienone is 4. The fourth-order valence-electron chi connectivity index (χ4n) is 7.11. The van der Waals surface area contributed by atoms with Gasteiger partial charge >= 0.3 is 276 Å². The third-order valence-corrected chi connectivity index (χ3v) is 17.7. The van der Waals surface area contributed by atoms with Gasteiger partial charge in [-0.2, -0.15) is 0 Å². The van der Waals surface area contributed by atoms with Crippen molar-refractivity contribution in [1.82, 2.24) is 0 Å². The first-order valence-corrected chi connectivity index (χ1v) is 20.2. The summed E-state index contributed by atoms with van der Waals surface area (Å²) in [7, 11) is 0. The molecular weight excluding hydrogens is 679 g/mol. The maximum absolute atomic E-state index is 2.52. The Kier molecular flexibility index (Phi) is 12.1. The van der Waals surface area contributed by atoms with Crippen LogP contribution in [0, 0.1) is 0 Å². The van der Waals surface area contributed by atoms with Crippen LogP contribution in [-0.2, 0) is 51.4 Å². The van der Waals surface area contributed by atoms with E-state index in [2.05, 4.69) is 151 Å². The van der Waals surface area contributed by atoms with Gasteiger partial charge in [0.25, 0.3) is 0 Å². The van der Waals surface area contributed by atoms with Gasteiger partial charge in [-0.05, 0) is 0 Å². The van der Waals surface area contributed by atoms with Crippen molar-refractivity contribution < 1.29 is 46.1 Å². The Balaban J connectivity index is 0.00000240. The van der Waals surface area contributed by atoms with Crippen LogP contribution in [0.2, 0.25) is 0 Å². The minimum Gasteiger partial charge on any atom is -1.00 e. The van der Waals surface area contributed by atoms with E-state index in [0.717, 1.165) is 25.7 Å². The second-order valence-electron chi connectivity index (χ2n) is 14.8. The Bertz CT molecular complexity index is 1700. The first-order valence-electron chi connectivity index (χ1n) is 16.6. The van der Waals surface area contributed by atoms with Gasteiger partial charge in [-0.25, -0.2) is 0 Å². The topological polar surface area (TPSA) is 0 Å². The molecule has 0 saturated carbocycles. The van der Waals surface area contributed by atoms with Crippen LogP contribution in [-0.4, -0.2) is 3.21 Å². The zero-order valence-corrected chi connectivity index (χ0v) is 32.4. The molecule has 0 heterocycles. The predicted octanol–water partition coefficient (Wildman–Crippen LogP) is 4.39. The summed E-state index contributed by atoms with van der Waals surface area (Å²) < 4.78 is 5.42. The van der Waals surface area contributed by atoms with Gasteiger partial charge in [0.1, 0.15) is 0 Å². The van der Waals surface area contributed by atoms with Crippen molar-refractivity contribution >= 4 is 6.48 Å². The zero-order valence-electron chi connectivity index (χ0n) is 28.4. The molecule has 0 aromatic heterocycles. The second kappa shape index (κ2) is 15.3. The number of hydrogen-bond donors (Lipinski definition) is 0. The molecule has 3 heteroatoms. The molecule has 2 aliphatic carbocycles. The van der Waals surface area contributed by atoms with Gasteiger partial charge in [0.15, 0.2) is 0 Å². The maximum Gasteiger partial charge on any atom is -1.00 e. The fourth-order valence-corrected chi connectivity index (χ4v) is 16.2. The summed E-state index contributed by atoms with van der Waals surface area (Å²) in [5.74, 6) is 0. The molecule has 4 aromatic rings. The number of rotatable bonds is 8. The van der Waals surface area contributed by atoms with Gasteiger partial charge in [-0.1, -0.05) is 0 Å². The standard InChI is InChI=1S/C21H25.C17H18.C5H5.2ClH.Zr/c1-20(2,3)16-7-9-18-14(12-16)11-15-13-17(21(4,5)6)8-10-19(15)18;1-4-10-16(11-5-1)14-8-3-9-15-17-12-6-2-7-13-17;1-2-4-5-3-1;;;/h7-10,12H,11H2,1-6H3;1-2,4-7,10-13H,8-9,14-15H2;1-3H,4H2;2*1H;/q;;;;;+2/p-2. The molecule has 2 aliphatic rings. The Morgan fingerprint density at radius 3 is 1.78 bits per heavy atom. The van der Waals surface area contributed by atoms with E-state index in [9.17, 15) is 0 Å². The van der Waals surface area contributed by atoms with Crippen molar-refractivity contribution in [2.24, 2.45) is 0 Å². The van der Waals surface area contributed by atoms with Gasteiger partial charge < -0.3 is 24.8 Å². The minimum atomic E-state index is -2.52. The van der Waals surface area contributed by atoms with Crippen LogP contribution in [0.5, 0.6) is 0 Å². The first-order chi connectivity index (χ1) is 21.1. The molecule has 0 spiro atoms. The van der Waals surface area contributed by atoms with Gasteiger partial charge in [0, 0.05) is 0 Å². The number of aryl methyl sites for hydroxylation is 2.